The molecule has 0 spiro atoms. The van der Waals surface area contributed by atoms with E-state index in [1.165, 1.54) is 12.8 Å². The minimum absolute atomic E-state index is 0.0147. The highest BCUT2D eigenvalue weighted by atomic mass is 32.1. The first-order valence-electron chi connectivity index (χ1n) is 7.79. The van der Waals surface area contributed by atoms with Crippen LogP contribution in [-0.2, 0) is 4.79 Å². The van der Waals surface area contributed by atoms with Gasteiger partial charge in [-0.3, -0.25) is 4.79 Å². The quantitative estimate of drug-likeness (QED) is 0.782. The molecule has 0 unspecified atom stereocenters. The molecule has 0 aliphatic heterocycles. The van der Waals surface area contributed by atoms with Gasteiger partial charge in [-0.2, -0.15) is 0 Å². The van der Waals surface area contributed by atoms with Gasteiger partial charge in [0.1, 0.15) is 0 Å². The summed E-state index contributed by atoms with van der Waals surface area (Å²) in [5.41, 5.74) is 0.400. The van der Waals surface area contributed by atoms with Gasteiger partial charge in [-0.1, -0.05) is 34.6 Å². The summed E-state index contributed by atoms with van der Waals surface area (Å²) in [6, 6.07) is 0.417. The fraction of sp³-hybridized carbons (Fsp3) is 0.875. The van der Waals surface area contributed by atoms with Crippen LogP contribution in [0.15, 0.2) is 0 Å². The molecule has 1 fully saturated rings. The summed E-state index contributed by atoms with van der Waals surface area (Å²) in [5.74, 6) is 1.17. The second-order valence-electron chi connectivity index (χ2n) is 7.53. The zero-order valence-corrected chi connectivity index (χ0v) is 14.4. The van der Waals surface area contributed by atoms with Gasteiger partial charge in [-0.05, 0) is 55.2 Å². The Labute approximate surface area is 129 Å². The average Bonchev–Trinajstić information content (AvgIpc) is 2.26. The van der Waals surface area contributed by atoms with Crippen LogP contribution < -0.4 is 10.6 Å². The average molecular weight is 298 g/mol. The van der Waals surface area contributed by atoms with Crippen LogP contribution >= 0.6 is 12.2 Å². The molecule has 1 saturated carbocycles. The third-order valence-corrected chi connectivity index (χ3v) is 4.35. The maximum absolute atomic E-state index is 11.7. The molecule has 1 aliphatic rings. The van der Waals surface area contributed by atoms with Crippen LogP contribution in [0, 0.1) is 17.3 Å². The van der Waals surface area contributed by atoms with Crippen LogP contribution in [0.2, 0.25) is 0 Å². The fourth-order valence-corrected chi connectivity index (χ4v) is 3.15. The molecule has 2 N–H and O–H groups in total. The predicted molar refractivity (Wildman–Crippen MR) is 88.5 cm³/mol. The Morgan fingerprint density at radius 2 is 1.75 bits per heavy atom. The first kappa shape index (κ1) is 17.4. The van der Waals surface area contributed by atoms with E-state index in [0.29, 0.717) is 28.9 Å². The highest BCUT2D eigenvalue weighted by Gasteiger charge is 2.29. The summed E-state index contributed by atoms with van der Waals surface area (Å²) >= 11 is 5.22. The highest BCUT2D eigenvalue weighted by Crippen LogP contribution is 2.37. The van der Waals surface area contributed by atoms with E-state index in [1.807, 2.05) is 13.8 Å². The molecule has 1 rings (SSSR count). The Balaban J connectivity index is 2.30. The van der Waals surface area contributed by atoms with E-state index in [9.17, 15) is 4.79 Å². The molecule has 0 saturated heterocycles. The lowest BCUT2D eigenvalue weighted by Crippen LogP contribution is -2.46. The summed E-state index contributed by atoms with van der Waals surface area (Å²) in [6.07, 6.45) is 5.29. The number of hydrogen-bond acceptors (Lipinski definition) is 2. The summed E-state index contributed by atoms with van der Waals surface area (Å²) in [6.45, 7) is 11.0. The van der Waals surface area contributed by atoms with E-state index < -0.39 is 0 Å². The number of thiocarbonyl (C=S) groups is 1. The van der Waals surface area contributed by atoms with Crippen molar-refractivity contribution in [1.29, 1.82) is 0 Å². The van der Waals surface area contributed by atoms with E-state index in [0.717, 1.165) is 18.8 Å². The molecule has 3 nitrogen and oxygen atoms in total. The molecular formula is C16H30N2OS. The second-order valence-corrected chi connectivity index (χ2v) is 7.94. The number of hydrogen-bond donors (Lipinski definition) is 2. The summed E-state index contributed by atoms with van der Waals surface area (Å²) < 4.78 is 0. The molecule has 0 radical (unpaired) electrons. The Morgan fingerprint density at radius 1 is 1.20 bits per heavy atom. The Morgan fingerprint density at radius 3 is 2.20 bits per heavy atom. The second kappa shape index (κ2) is 7.39. The summed E-state index contributed by atoms with van der Waals surface area (Å²) in [7, 11) is 0. The van der Waals surface area contributed by atoms with E-state index in [1.54, 1.807) is 0 Å². The fourth-order valence-electron chi connectivity index (χ4n) is 2.87. The van der Waals surface area contributed by atoms with Crippen LogP contribution in [0.4, 0.5) is 0 Å². The Bertz CT molecular complexity index is 339. The standard InChI is InChI=1S/C16H30N2OS/c1-11(2)10-14(19)18-15(20)17-13-8-6-12(7-9-13)16(3,4)5/h11-13H,6-10H2,1-5H3,(H2,17,18,19,20). The summed E-state index contributed by atoms with van der Waals surface area (Å²) in [5, 5.41) is 6.57. The van der Waals surface area contributed by atoms with Gasteiger partial charge < -0.3 is 10.6 Å². The van der Waals surface area contributed by atoms with Crippen molar-refractivity contribution in [2.24, 2.45) is 17.3 Å². The molecule has 1 amide bonds. The first-order valence-corrected chi connectivity index (χ1v) is 8.19. The first-order chi connectivity index (χ1) is 9.18. The van der Waals surface area contributed by atoms with Gasteiger partial charge in [0.05, 0.1) is 0 Å². The van der Waals surface area contributed by atoms with E-state index in [4.69, 9.17) is 12.2 Å². The summed E-state index contributed by atoms with van der Waals surface area (Å²) in [4.78, 5) is 11.7. The maximum Gasteiger partial charge on any atom is 0.226 e. The molecule has 0 bridgehead atoms. The van der Waals surface area contributed by atoms with Crippen molar-refractivity contribution in [3.8, 4) is 0 Å². The van der Waals surface area contributed by atoms with Crippen molar-refractivity contribution >= 4 is 23.2 Å². The number of rotatable bonds is 3. The van der Waals surface area contributed by atoms with Crippen LogP contribution in [-0.4, -0.2) is 17.1 Å². The Kier molecular flexibility index (Phi) is 6.44. The minimum atomic E-state index is 0.0147. The van der Waals surface area contributed by atoms with Crippen molar-refractivity contribution in [1.82, 2.24) is 10.6 Å². The molecule has 116 valence electrons. The van der Waals surface area contributed by atoms with Crippen molar-refractivity contribution in [3.63, 3.8) is 0 Å². The SMILES string of the molecule is CC(C)CC(=O)NC(=S)NC1CCC(C(C)(C)C)CC1. The van der Waals surface area contributed by atoms with E-state index in [-0.39, 0.29) is 5.91 Å². The topological polar surface area (TPSA) is 41.1 Å². The molecular weight excluding hydrogens is 268 g/mol. The van der Waals surface area contributed by atoms with Gasteiger partial charge in [0.25, 0.3) is 0 Å². The monoisotopic (exact) mass is 298 g/mol. The molecule has 0 atom stereocenters. The van der Waals surface area contributed by atoms with E-state index >= 15 is 0 Å². The molecule has 20 heavy (non-hydrogen) atoms. The third-order valence-electron chi connectivity index (χ3n) is 4.13. The number of carbonyl (C=O) groups excluding carboxylic acids is 1. The molecule has 0 aromatic rings. The van der Waals surface area contributed by atoms with Crippen LogP contribution in [0.3, 0.4) is 0 Å². The van der Waals surface area contributed by atoms with Gasteiger partial charge in [0.15, 0.2) is 5.11 Å². The lowest BCUT2D eigenvalue weighted by molar-refractivity contribution is -0.120. The molecule has 1 aliphatic carbocycles. The largest absolute Gasteiger partial charge is 0.360 e. The van der Waals surface area contributed by atoms with E-state index in [2.05, 4.69) is 31.4 Å². The number of carbonyl (C=O) groups is 1. The maximum atomic E-state index is 11.7. The van der Waals surface area contributed by atoms with Crippen molar-refractivity contribution in [2.75, 3.05) is 0 Å². The molecule has 4 heteroatoms. The Hall–Kier alpha value is -0.640. The van der Waals surface area contributed by atoms with Crippen molar-refractivity contribution < 1.29 is 4.79 Å². The van der Waals surface area contributed by atoms with Crippen LogP contribution in [0.5, 0.6) is 0 Å². The van der Waals surface area contributed by atoms with Crippen LogP contribution in [0.1, 0.15) is 66.7 Å². The zero-order chi connectivity index (χ0) is 15.3. The number of nitrogens with one attached hydrogen (secondary N) is 2. The highest BCUT2D eigenvalue weighted by molar-refractivity contribution is 7.80. The lowest BCUT2D eigenvalue weighted by Gasteiger charge is -2.37. The van der Waals surface area contributed by atoms with Crippen molar-refractivity contribution in [2.45, 2.75) is 72.8 Å². The van der Waals surface area contributed by atoms with Gasteiger partial charge in [-0.25, -0.2) is 0 Å². The molecule has 0 aromatic heterocycles. The predicted octanol–water partition coefficient (Wildman–Crippen LogP) is 3.63. The molecule has 0 heterocycles. The van der Waals surface area contributed by atoms with Crippen LogP contribution in [0.25, 0.3) is 0 Å². The van der Waals surface area contributed by atoms with Gasteiger partial charge in [0.2, 0.25) is 5.91 Å². The zero-order valence-electron chi connectivity index (χ0n) is 13.6. The van der Waals surface area contributed by atoms with Gasteiger partial charge in [-0.15, -0.1) is 0 Å². The normalized spacial score (nSPS) is 23.5. The minimum Gasteiger partial charge on any atom is -0.360 e. The van der Waals surface area contributed by atoms with Gasteiger partial charge >= 0.3 is 0 Å². The lowest BCUT2D eigenvalue weighted by atomic mass is 9.71. The molecule has 0 aromatic carbocycles. The smallest absolute Gasteiger partial charge is 0.226 e. The van der Waals surface area contributed by atoms with Crippen molar-refractivity contribution in [3.05, 3.63) is 0 Å². The number of amides is 1. The third kappa shape index (κ3) is 6.21. The van der Waals surface area contributed by atoms with Gasteiger partial charge in [0, 0.05) is 12.5 Å².